The van der Waals surface area contributed by atoms with Crippen molar-refractivity contribution in [3.63, 3.8) is 0 Å². The van der Waals surface area contributed by atoms with Crippen LogP contribution in [0.4, 0.5) is 0 Å². The number of hydrogen-bond donors (Lipinski definition) is 2. The Morgan fingerprint density at radius 2 is 2.29 bits per heavy atom. The van der Waals surface area contributed by atoms with Gasteiger partial charge in [0, 0.05) is 17.7 Å². The van der Waals surface area contributed by atoms with E-state index < -0.39 is 0 Å². The van der Waals surface area contributed by atoms with Crippen molar-refractivity contribution in [2.24, 2.45) is 0 Å². The summed E-state index contributed by atoms with van der Waals surface area (Å²) in [4.78, 5) is 11.3. The third-order valence-corrected chi connectivity index (χ3v) is 2.15. The van der Waals surface area contributed by atoms with Crippen LogP contribution in [0.15, 0.2) is 29.3 Å². The summed E-state index contributed by atoms with van der Waals surface area (Å²) < 4.78 is 4.96. The molecule has 1 aromatic carbocycles. The predicted molar refractivity (Wildman–Crippen MR) is 66.1 cm³/mol. The van der Waals surface area contributed by atoms with E-state index in [0.717, 1.165) is 5.56 Å². The molecule has 1 rings (SSSR count). The Morgan fingerprint density at radius 3 is 2.88 bits per heavy atom. The van der Waals surface area contributed by atoms with Crippen molar-refractivity contribution in [3.8, 4) is 11.5 Å². The number of rotatable bonds is 4. The van der Waals surface area contributed by atoms with Crippen molar-refractivity contribution in [2.45, 2.75) is 13.5 Å². The zero-order valence-electron chi connectivity index (χ0n) is 9.66. The molecule has 0 saturated heterocycles. The summed E-state index contributed by atoms with van der Waals surface area (Å²) in [6.45, 7) is 1.97. The molecule has 1 aromatic rings. The van der Waals surface area contributed by atoms with E-state index in [0.29, 0.717) is 17.3 Å². The van der Waals surface area contributed by atoms with E-state index in [1.165, 1.54) is 19.3 Å². The largest absolute Gasteiger partial charge is 0.504 e. The number of hydrogen-bond acceptors (Lipinski definition) is 3. The van der Waals surface area contributed by atoms with Gasteiger partial charge in [-0.15, -0.1) is 0 Å². The number of methoxy groups -OCH3 is 1. The first kappa shape index (κ1) is 13.4. The second kappa shape index (κ2) is 6.15. The number of halogens is 1. The van der Waals surface area contributed by atoms with E-state index in [-0.39, 0.29) is 11.7 Å². The van der Waals surface area contributed by atoms with Gasteiger partial charge in [0.25, 0.3) is 0 Å². The first-order valence-electron chi connectivity index (χ1n) is 5.00. The fourth-order valence-corrected chi connectivity index (χ4v) is 1.35. The van der Waals surface area contributed by atoms with Gasteiger partial charge in [0.15, 0.2) is 11.5 Å². The fraction of sp³-hybridized carbons (Fsp3) is 0.250. The summed E-state index contributed by atoms with van der Waals surface area (Å²) in [5.41, 5.74) is 0.827. The smallest absolute Gasteiger partial charge is 0.245 e. The molecule has 0 saturated carbocycles. The number of allylic oxidation sites excluding steroid dienone is 1. The van der Waals surface area contributed by atoms with Crippen molar-refractivity contribution >= 4 is 17.5 Å². The number of carbonyl (C=O) groups excluding carboxylic acids is 1. The summed E-state index contributed by atoms with van der Waals surface area (Å²) in [6, 6.07) is 4.88. The molecule has 17 heavy (non-hydrogen) atoms. The molecular weight excluding hydrogens is 242 g/mol. The summed E-state index contributed by atoms with van der Waals surface area (Å²) in [5, 5.41) is 12.5. The van der Waals surface area contributed by atoms with Crippen LogP contribution in [0.5, 0.6) is 11.5 Å². The maximum Gasteiger partial charge on any atom is 0.245 e. The van der Waals surface area contributed by atoms with Crippen molar-refractivity contribution in [1.82, 2.24) is 5.32 Å². The highest BCUT2D eigenvalue weighted by Crippen LogP contribution is 2.26. The monoisotopic (exact) mass is 255 g/mol. The quantitative estimate of drug-likeness (QED) is 0.811. The molecule has 0 aliphatic heterocycles. The molecule has 0 unspecified atom stereocenters. The highest BCUT2D eigenvalue weighted by molar-refractivity contribution is 6.30. The van der Waals surface area contributed by atoms with Gasteiger partial charge in [-0.1, -0.05) is 17.7 Å². The lowest BCUT2D eigenvalue weighted by molar-refractivity contribution is -0.116. The minimum Gasteiger partial charge on any atom is -0.504 e. The number of phenols is 1. The zero-order valence-corrected chi connectivity index (χ0v) is 10.4. The highest BCUT2D eigenvalue weighted by Gasteiger charge is 2.03. The Kier molecular flexibility index (Phi) is 4.84. The first-order chi connectivity index (χ1) is 8.02. The third kappa shape index (κ3) is 4.36. The minimum absolute atomic E-state index is 0.0686. The number of nitrogens with one attached hydrogen (secondary N) is 1. The molecule has 4 nitrogen and oxygen atoms in total. The fourth-order valence-electron chi connectivity index (χ4n) is 1.25. The molecule has 0 aromatic heterocycles. The van der Waals surface area contributed by atoms with Crippen LogP contribution >= 0.6 is 11.6 Å². The van der Waals surface area contributed by atoms with Crippen LogP contribution < -0.4 is 10.1 Å². The molecule has 0 radical (unpaired) electrons. The van der Waals surface area contributed by atoms with E-state index in [9.17, 15) is 9.90 Å². The van der Waals surface area contributed by atoms with Crippen LogP contribution in [0.2, 0.25) is 0 Å². The van der Waals surface area contributed by atoms with E-state index in [1.807, 2.05) is 0 Å². The lowest BCUT2D eigenvalue weighted by atomic mass is 10.2. The van der Waals surface area contributed by atoms with Gasteiger partial charge in [0.05, 0.1) is 7.11 Å². The van der Waals surface area contributed by atoms with E-state index in [1.54, 1.807) is 19.1 Å². The van der Waals surface area contributed by atoms with Crippen LogP contribution in [-0.2, 0) is 11.3 Å². The van der Waals surface area contributed by atoms with Gasteiger partial charge in [-0.25, -0.2) is 0 Å². The molecule has 0 heterocycles. The molecule has 0 atom stereocenters. The molecule has 0 aliphatic rings. The molecule has 92 valence electrons. The Balaban J connectivity index is 2.64. The normalized spacial score (nSPS) is 11.1. The summed E-state index contributed by atoms with van der Waals surface area (Å²) in [6.07, 6.45) is 1.30. The van der Waals surface area contributed by atoms with Crippen molar-refractivity contribution in [2.75, 3.05) is 7.11 Å². The third-order valence-electron chi connectivity index (χ3n) is 2.04. The van der Waals surface area contributed by atoms with E-state index in [2.05, 4.69) is 5.32 Å². The number of carbonyl (C=O) groups is 1. The van der Waals surface area contributed by atoms with Crippen LogP contribution in [0.1, 0.15) is 12.5 Å². The predicted octanol–water partition coefficient (Wildman–Crippen LogP) is 2.16. The van der Waals surface area contributed by atoms with Gasteiger partial charge in [-0.05, 0) is 24.6 Å². The summed E-state index contributed by atoms with van der Waals surface area (Å²) >= 11 is 5.57. The number of benzene rings is 1. The van der Waals surface area contributed by atoms with Crippen LogP contribution in [-0.4, -0.2) is 18.1 Å². The second-order valence-electron chi connectivity index (χ2n) is 3.46. The summed E-state index contributed by atoms with van der Waals surface area (Å²) in [7, 11) is 1.47. The van der Waals surface area contributed by atoms with Gasteiger partial charge in [0.2, 0.25) is 5.91 Å². The lowest BCUT2D eigenvalue weighted by Crippen LogP contribution is -2.20. The zero-order chi connectivity index (χ0) is 12.8. The topological polar surface area (TPSA) is 58.6 Å². The Morgan fingerprint density at radius 1 is 1.59 bits per heavy atom. The number of ether oxygens (including phenoxy) is 1. The average molecular weight is 256 g/mol. The van der Waals surface area contributed by atoms with Crippen LogP contribution in [0.25, 0.3) is 0 Å². The molecule has 0 bridgehead atoms. The van der Waals surface area contributed by atoms with Gasteiger partial charge in [-0.3, -0.25) is 4.79 Å². The number of aromatic hydroxyl groups is 1. The van der Waals surface area contributed by atoms with Crippen molar-refractivity contribution in [3.05, 3.63) is 34.9 Å². The average Bonchev–Trinajstić information content (AvgIpc) is 2.27. The molecular formula is C12H14ClNO3. The number of amides is 1. The number of phenolic OH excluding ortho intramolecular Hbond substituents is 1. The second-order valence-corrected chi connectivity index (χ2v) is 4.05. The molecule has 0 fully saturated rings. The van der Waals surface area contributed by atoms with Crippen LogP contribution in [0.3, 0.4) is 0 Å². The summed E-state index contributed by atoms with van der Waals surface area (Å²) in [5.74, 6) is 0.185. The van der Waals surface area contributed by atoms with Crippen LogP contribution in [0, 0.1) is 0 Å². The van der Waals surface area contributed by atoms with Crippen molar-refractivity contribution < 1.29 is 14.6 Å². The minimum atomic E-state index is -0.260. The molecule has 2 N–H and O–H groups in total. The van der Waals surface area contributed by atoms with E-state index >= 15 is 0 Å². The van der Waals surface area contributed by atoms with Gasteiger partial charge >= 0.3 is 0 Å². The Labute approximate surface area is 105 Å². The molecule has 5 heteroatoms. The highest BCUT2D eigenvalue weighted by atomic mass is 35.5. The molecule has 1 amide bonds. The Bertz CT molecular complexity index is 439. The van der Waals surface area contributed by atoms with Gasteiger partial charge in [0.1, 0.15) is 0 Å². The van der Waals surface area contributed by atoms with Gasteiger partial charge < -0.3 is 15.2 Å². The maximum atomic E-state index is 11.3. The van der Waals surface area contributed by atoms with Crippen molar-refractivity contribution in [1.29, 1.82) is 0 Å². The molecule has 0 spiro atoms. The SMILES string of the molecule is COc1cc(CNC(=O)C=C(C)Cl)ccc1O. The maximum absolute atomic E-state index is 11.3. The van der Waals surface area contributed by atoms with Gasteiger partial charge in [-0.2, -0.15) is 0 Å². The molecule has 0 aliphatic carbocycles. The van der Waals surface area contributed by atoms with E-state index in [4.69, 9.17) is 16.3 Å². The first-order valence-corrected chi connectivity index (χ1v) is 5.38. The standard InChI is InChI=1S/C12H14ClNO3/c1-8(13)5-12(16)14-7-9-3-4-10(15)11(6-9)17-2/h3-6,15H,7H2,1-2H3,(H,14,16). The lowest BCUT2D eigenvalue weighted by Gasteiger charge is -2.07. The Hall–Kier alpha value is -1.68.